The molecule has 0 radical (unpaired) electrons. The van der Waals surface area contributed by atoms with Crippen molar-refractivity contribution in [3.8, 4) is 11.5 Å². The number of esters is 1. The molecule has 0 saturated carbocycles. The van der Waals surface area contributed by atoms with Crippen LogP contribution in [0.2, 0.25) is 0 Å². The summed E-state index contributed by atoms with van der Waals surface area (Å²) in [5.41, 5.74) is 4.40. The van der Waals surface area contributed by atoms with E-state index in [-0.39, 0.29) is 23.7 Å². The molecule has 0 spiro atoms. The minimum absolute atomic E-state index is 0.00755. The van der Waals surface area contributed by atoms with Gasteiger partial charge >= 0.3 is 5.97 Å². The zero-order valence-corrected chi connectivity index (χ0v) is 30.7. The third-order valence-electron chi connectivity index (χ3n) is 10.6. The van der Waals surface area contributed by atoms with E-state index in [0.29, 0.717) is 35.3 Å². The van der Waals surface area contributed by atoms with Gasteiger partial charge in [-0.05, 0) is 80.3 Å². The van der Waals surface area contributed by atoms with Crippen molar-refractivity contribution in [3.05, 3.63) is 107 Å². The van der Waals surface area contributed by atoms with E-state index in [1.165, 1.54) is 11.1 Å². The Kier molecular flexibility index (Phi) is 12.1. The van der Waals surface area contributed by atoms with Gasteiger partial charge in [-0.3, -0.25) is 9.59 Å². The SMILES string of the molecule is COC1=CC2[C@@H]3Cc4ccc(OC)c(OC(=O)CCCCC(CCSCc5ccccc5)SCc5ccccc5)c4[C@]2(CCN3C)CC1=O. The van der Waals surface area contributed by atoms with Crippen LogP contribution < -0.4 is 9.47 Å². The summed E-state index contributed by atoms with van der Waals surface area (Å²) in [4.78, 5) is 29.2. The van der Waals surface area contributed by atoms with Gasteiger partial charge in [0.25, 0.3) is 0 Å². The summed E-state index contributed by atoms with van der Waals surface area (Å²) in [5, 5.41) is 0.531. The van der Waals surface area contributed by atoms with Crippen LogP contribution in [0.3, 0.4) is 0 Å². The van der Waals surface area contributed by atoms with Crippen molar-refractivity contribution in [2.24, 2.45) is 5.92 Å². The van der Waals surface area contributed by atoms with Gasteiger partial charge in [0.15, 0.2) is 23.0 Å². The lowest BCUT2D eigenvalue weighted by atomic mass is 9.53. The molecule has 3 aromatic rings. The molecule has 4 atom stereocenters. The lowest BCUT2D eigenvalue weighted by Gasteiger charge is -2.56. The first-order valence-corrected chi connectivity index (χ1v) is 19.8. The van der Waals surface area contributed by atoms with Crippen LogP contribution in [-0.2, 0) is 37.7 Å². The summed E-state index contributed by atoms with van der Waals surface area (Å²) in [6, 6.07) is 25.6. The van der Waals surface area contributed by atoms with Crippen LogP contribution in [0.25, 0.3) is 0 Å². The Morgan fingerprint density at radius 3 is 2.39 bits per heavy atom. The number of rotatable bonds is 16. The van der Waals surface area contributed by atoms with Crippen molar-refractivity contribution < 1.29 is 23.8 Å². The molecule has 2 aliphatic carbocycles. The monoisotopic (exact) mass is 699 g/mol. The summed E-state index contributed by atoms with van der Waals surface area (Å²) >= 11 is 4.03. The van der Waals surface area contributed by atoms with Gasteiger partial charge in [-0.2, -0.15) is 23.5 Å². The van der Waals surface area contributed by atoms with Gasteiger partial charge in [0.05, 0.1) is 14.2 Å². The molecule has 1 fully saturated rings. The number of methoxy groups -OCH3 is 2. The number of carbonyl (C=O) groups is 2. The highest BCUT2D eigenvalue weighted by molar-refractivity contribution is 7.99. The van der Waals surface area contributed by atoms with Crippen molar-refractivity contribution >= 4 is 35.3 Å². The summed E-state index contributed by atoms with van der Waals surface area (Å²) in [7, 11) is 5.35. The smallest absolute Gasteiger partial charge is 0.311 e. The lowest BCUT2D eigenvalue weighted by Crippen LogP contribution is -2.60. The molecule has 1 saturated heterocycles. The lowest BCUT2D eigenvalue weighted by molar-refractivity contribution is -0.134. The highest BCUT2D eigenvalue weighted by Gasteiger charge is 2.57. The molecule has 3 aliphatic rings. The van der Waals surface area contributed by atoms with E-state index in [4.69, 9.17) is 14.2 Å². The van der Waals surface area contributed by atoms with Crippen LogP contribution in [0, 0.1) is 5.92 Å². The number of benzene rings is 3. The molecule has 2 bridgehead atoms. The quantitative estimate of drug-likeness (QED) is 0.0840. The third kappa shape index (κ3) is 8.24. The predicted molar refractivity (Wildman–Crippen MR) is 200 cm³/mol. The summed E-state index contributed by atoms with van der Waals surface area (Å²) in [6.45, 7) is 0.878. The molecule has 260 valence electrons. The minimum atomic E-state index is -0.449. The largest absolute Gasteiger partial charge is 0.493 e. The number of ketones is 1. The Morgan fingerprint density at radius 2 is 1.67 bits per heavy atom. The molecule has 49 heavy (non-hydrogen) atoms. The van der Waals surface area contributed by atoms with E-state index in [1.807, 2.05) is 35.7 Å². The van der Waals surface area contributed by atoms with E-state index < -0.39 is 5.41 Å². The van der Waals surface area contributed by atoms with Gasteiger partial charge in [-0.15, -0.1) is 0 Å². The Hall–Kier alpha value is -3.20. The average molecular weight is 700 g/mol. The molecule has 0 N–H and O–H groups in total. The van der Waals surface area contributed by atoms with Gasteiger partial charge in [0.2, 0.25) is 0 Å². The highest BCUT2D eigenvalue weighted by Crippen LogP contribution is 2.58. The molecule has 8 heteroatoms. The second-order valence-corrected chi connectivity index (χ2v) is 16.0. The molecular formula is C41H49NO5S2. The molecule has 0 amide bonds. The number of ether oxygens (including phenoxy) is 3. The van der Waals surface area contributed by atoms with Crippen molar-refractivity contribution in [3.63, 3.8) is 0 Å². The fraction of sp³-hybridized carbons (Fsp3) is 0.463. The predicted octanol–water partition coefficient (Wildman–Crippen LogP) is 8.40. The highest BCUT2D eigenvalue weighted by atomic mass is 32.2. The molecular weight excluding hydrogens is 651 g/mol. The average Bonchev–Trinajstić information content (AvgIpc) is 3.12. The molecule has 3 aromatic carbocycles. The third-order valence-corrected chi connectivity index (χ3v) is 13.1. The molecule has 6 nitrogen and oxygen atoms in total. The second kappa shape index (κ2) is 16.7. The van der Waals surface area contributed by atoms with Crippen LogP contribution in [0.1, 0.15) is 67.2 Å². The Labute approximate surface area is 300 Å². The number of hydrogen-bond acceptors (Lipinski definition) is 8. The Morgan fingerprint density at radius 1 is 0.939 bits per heavy atom. The minimum Gasteiger partial charge on any atom is -0.493 e. The zero-order valence-electron chi connectivity index (χ0n) is 29.0. The van der Waals surface area contributed by atoms with Crippen molar-refractivity contribution in [1.82, 2.24) is 4.90 Å². The molecule has 2 unspecified atom stereocenters. The molecule has 1 aliphatic heterocycles. The van der Waals surface area contributed by atoms with Gasteiger partial charge < -0.3 is 19.1 Å². The van der Waals surface area contributed by atoms with E-state index in [2.05, 4.69) is 78.7 Å². The van der Waals surface area contributed by atoms with Gasteiger partial charge in [-0.1, -0.05) is 73.2 Å². The van der Waals surface area contributed by atoms with Crippen molar-refractivity contribution in [2.75, 3.05) is 33.6 Å². The number of likely N-dealkylation sites (tertiary alicyclic amines) is 1. The number of thioether (sulfide) groups is 2. The number of hydrogen-bond donors (Lipinski definition) is 0. The van der Waals surface area contributed by atoms with E-state index in [9.17, 15) is 9.59 Å². The fourth-order valence-corrected chi connectivity index (χ4v) is 10.4. The zero-order chi connectivity index (χ0) is 34.2. The fourth-order valence-electron chi connectivity index (χ4n) is 7.99. The first-order chi connectivity index (χ1) is 23.9. The number of allylic oxidation sites excluding steroid dienone is 1. The number of likely N-dealkylation sites (N-methyl/N-ethyl adjacent to an activating group) is 1. The number of unbranched alkanes of at least 4 members (excludes halogenated alkanes) is 1. The summed E-state index contributed by atoms with van der Waals surface area (Å²) < 4.78 is 17.6. The van der Waals surface area contributed by atoms with Gasteiger partial charge in [0.1, 0.15) is 0 Å². The maximum atomic E-state index is 13.5. The Balaban J connectivity index is 1.10. The standard InChI is InChI=1S/C41H49NO5S2/c1-42-22-21-41-26-35(43)37(46-3)25-33(41)34(42)24-31-18-19-36(45-2)40(39(31)41)47-38(44)17-11-10-16-32(49-28-30-14-8-5-9-15-30)20-23-48-27-29-12-6-4-7-13-29/h4-9,12-15,18-19,25,32-34H,10-11,16-17,20-24,26-28H2,1-3H3/t32?,33?,34-,41+/m0/s1. The van der Waals surface area contributed by atoms with E-state index in [1.54, 1.807) is 14.2 Å². The summed E-state index contributed by atoms with van der Waals surface area (Å²) in [5.74, 6) is 4.51. The molecule has 6 rings (SSSR count). The number of nitrogens with zero attached hydrogens (tertiary/aromatic N) is 1. The van der Waals surface area contributed by atoms with Crippen LogP contribution in [0.4, 0.5) is 0 Å². The number of carbonyl (C=O) groups excluding carboxylic acids is 2. The summed E-state index contributed by atoms with van der Waals surface area (Å²) in [6.07, 6.45) is 8.30. The van der Waals surface area contributed by atoms with Crippen molar-refractivity contribution in [2.45, 2.75) is 79.6 Å². The van der Waals surface area contributed by atoms with Crippen LogP contribution >= 0.6 is 23.5 Å². The maximum absolute atomic E-state index is 13.5. The number of fused-ring (bicyclic) bond motifs is 1. The first kappa shape index (κ1) is 35.6. The van der Waals surface area contributed by atoms with Crippen LogP contribution in [0.15, 0.2) is 84.6 Å². The second-order valence-electron chi connectivity index (χ2n) is 13.6. The molecule has 0 aromatic heterocycles. The molecule has 1 heterocycles. The first-order valence-electron chi connectivity index (χ1n) is 17.6. The number of piperidine rings is 1. The van der Waals surface area contributed by atoms with Gasteiger partial charge in [-0.25, -0.2) is 0 Å². The number of Topliss-reactive ketones (excluding diaryl/α,β-unsaturated/α-hetero) is 1. The Bertz CT molecular complexity index is 1610. The van der Waals surface area contributed by atoms with E-state index >= 15 is 0 Å². The normalized spacial score (nSPS) is 22.0. The van der Waals surface area contributed by atoms with Crippen LogP contribution in [0.5, 0.6) is 11.5 Å². The van der Waals surface area contributed by atoms with E-state index in [0.717, 1.165) is 73.5 Å². The van der Waals surface area contributed by atoms with Crippen LogP contribution in [-0.4, -0.2) is 61.5 Å². The van der Waals surface area contributed by atoms with Crippen molar-refractivity contribution in [1.29, 1.82) is 0 Å². The topological polar surface area (TPSA) is 65.1 Å². The van der Waals surface area contributed by atoms with Gasteiger partial charge in [0, 0.05) is 52.5 Å². The maximum Gasteiger partial charge on any atom is 0.311 e.